The molecule has 0 bridgehead atoms. The minimum atomic E-state index is -0.838. The van der Waals surface area contributed by atoms with Gasteiger partial charge in [-0.2, -0.15) is 0 Å². The molecule has 0 spiro atoms. The maximum Gasteiger partial charge on any atom is 0.311 e. The van der Waals surface area contributed by atoms with Gasteiger partial charge in [-0.05, 0) is 18.8 Å². The van der Waals surface area contributed by atoms with Crippen molar-refractivity contribution >= 4 is 11.8 Å². The van der Waals surface area contributed by atoms with Crippen molar-refractivity contribution in [2.75, 3.05) is 13.1 Å². The van der Waals surface area contributed by atoms with Gasteiger partial charge in [-0.1, -0.05) is 13.3 Å². The lowest BCUT2D eigenvalue weighted by Crippen LogP contribution is -2.44. The number of hydrogen-bond acceptors (Lipinski definition) is 2. The summed E-state index contributed by atoms with van der Waals surface area (Å²) in [5, 5.41) is 0. The number of carbonyl (C=O) groups excluding carboxylic acids is 2. The lowest BCUT2D eigenvalue weighted by molar-refractivity contribution is -0.145. The SMILES string of the molecule is CCC1CCN(C(=O)C(N)=O)CC1. The Bertz CT molecular complexity index is 208. The highest BCUT2D eigenvalue weighted by molar-refractivity contribution is 6.34. The van der Waals surface area contributed by atoms with Crippen LogP contribution in [0.3, 0.4) is 0 Å². The zero-order valence-electron chi connectivity index (χ0n) is 7.95. The highest BCUT2D eigenvalue weighted by Crippen LogP contribution is 2.19. The summed E-state index contributed by atoms with van der Waals surface area (Å²) in [6.45, 7) is 3.51. The minimum Gasteiger partial charge on any atom is -0.361 e. The van der Waals surface area contributed by atoms with E-state index >= 15 is 0 Å². The van der Waals surface area contributed by atoms with Crippen molar-refractivity contribution in [3.05, 3.63) is 0 Å². The van der Waals surface area contributed by atoms with E-state index in [-0.39, 0.29) is 0 Å². The summed E-state index contributed by atoms with van der Waals surface area (Å²) in [6, 6.07) is 0. The van der Waals surface area contributed by atoms with Crippen LogP contribution in [-0.2, 0) is 9.59 Å². The van der Waals surface area contributed by atoms with Gasteiger partial charge in [0.2, 0.25) is 0 Å². The highest BCUT2D eigenvalue weighted by atomic mass is 16.2. The van der Waals surface area contributed by atoms with Crippen molar-refractivity contribution in [2.24, 2.45) is 11.7 Å². The molecule has 1 fully saturated rings. The van der Waals surface area contributed by atoms with E-state index in [1.807, 2.05) is 0 Å². The van der Waals surface area contributed by atoms with Crippen LogP contribution < -0.4 is 5.73 Å². The second kappa shape index (κ2) is 4.25. The fraction of sp³-hybridized carbons (Fsp3) is 0.778. The number of hydrogen-bond donors (Lipinski definition) is 1. The van der Waals surface area contributed by atoms with Gasteiger partial charge in [0, 0.05) is 13.1 Å². The van der Waals surface area contributed by atoms with Crippen molar-refractivity contribution in [1.82, 2.24) is 4.90 Å². The Kier molecular flexibility index (Phi) is 3.28. The molecule has 0 aromatic rings. The summed E-state index contributed by atoms with van der Waals surface area (Å²) in [6.07, 6.45) is 3.14. The molecule has 1 saturated heterocycles. The first-order chi connectivity index (χ1) is 6.15. The third kappa shape index (κ3) is 2.44. The average Bonchev–Trinajstić information content (AvgIpc) is 2.17. The van der Waals surface area contributed by atoms with Gasteiger partial charge in [0.25, 0.3) is 0 Å². The van der Waals surface area contributed by atoms with Crippen molar-refractivity contribution in [1.29, 1.82) is 0 Å². The molecular formula is C9H16N2O2. The largest absolute Gasteiger partial charge is 0.361 e. The van der Waals surface area contributed by atoms with Gasteiger partial charge in [-0.3, -0.25) is 9.59 Å². The second-order valence-electron chi connectivity index (χ2n) is 3.51. The third-order valence-corrected chi connectivity index (χ3v) is 2.69. The van der Waals surface area contributed by atoms with Crippen LogP contribution >= 0.6 is 0 Å². The first kappa shape index (κ1) is 10.0. The van der Waals surface area contributed by atoms with E-state index in [2.05, 4.69) is 6.92 Å². The van der Waals surface area contributed by atoms with E-state index in [0.29, 0.717) is 19.0 Å². The number of likely N-dealkylation sites (tertiary alicyclic amines) is 1. The molecule has 0 aliphatic carbocycles. The van der Waals surface area contributed by atoms with Gasteiger partial charge in [0.1, 0.15) is 0 Å². The molecule has 74 valence electrons. The maximum absolute atomic E-state index is 11.1. The Balaban J connectivity index is 2.41. The van der Waals surface area contributed by atoms with Gasteiger partial charge < -0.3 is 10.6 Å². The molecule has 1 heterocycles. The zero-order valence-corrected chi connectivity index (χ0v) is 7.95. The number of rotatable bonds is 1. The molecule has 4 nitrogen and oxygen atoms in total. The summed E-state index contributed by atoms with van der Waals surface area (Å²) in [4.78, 5) is 23.3. The summed E-state index contributed by atoms with van der Waals surface area (Å²) < 4.78 is 0. The van der Waals surface area contributed by atoms with E-state index in [1.165, 1.54) is 0 Å². The normalized spacial score (nSPS) is 18.7. The molecule has 0 unspecified atom stereocenters. The fourth-order valence-electron chi connectivity index (χ4n) is 1.70. The van der Waals surface area contributed by atoms with Crippen LogP contribution in [0.4, 0.5) is 0 Å². The number of primary amides is 1. The standard InChI is InChI=1S/C9H16N2O2/c1-2-7-3-5-11(6-4-7)9(13)8(10)12/h7H,2-6H2,1H3,(H2,10,12). The lowest BCUT2D eigenvalue weighted by Gasteiger charge is -2.30. The van der Waals surface area contributed by atoms with Crippen molar-refractivity contribution in [2.45, 2.75) is 26.2 Å². The molecule has 1 aliphatic rings. The topological polar surface area (TPSA) is 63.4 Å². The fourth-order valence-corrected chi connectivity index (χ4v) is 1.70. The molecule has 0 saturated carbocycles. The monoisotopic (exact) mass is 184 g/mol. The first-order valence-electron chi connectivity index (χ1n) is 4.73. The van der Waals surface area contributed by atoms with Crippen molar-refractivity contribution in [3.63, 3.8) is 0 Å². The molecule has 1 aliphatic heterocycles. The van der Waals surface area contributed by atoms with E-state index in [1.54, 1.807) is 4.90 Å². The van der Waals surface area contributed by atoms with E-state index in [0.717, 1.165) is 19.3 Å². The van der Waals surface area contributed by atoms with Gasteiger partial charge in [-0.25, -0.2) is 0 Å². The third-order valence-electron chi connectivity index (χ3n) is 2.69. The molecule has 1 rings (SSSR count). The Morgan fingerprint density at radius 2 is 1.92 bits per heavy atom. The average molecular weight is 184 g/mol. The van der Waals surface area contributed by atoms with Crippen molar-refractivity contribution < 1.29 is 9.59 Å². The Labute approximate surface area is 78.1 Å². The molecule has 0 radical (unpaired) electrons. The van der Waals surface area contributed by atoms with Gasteiger partial charge in [0.05, 0.1) is 0 Å². The molecule has 2 N–H and O–H groups in total. The van der Waals surface area contributed by atoms with Crippen LogP contribution in [0.2, 0.25) is 0 Å². The van der Waals surface area contributed by atoms with E-state index in [9.17, 15) is 9.59 Å². The van der Waals surface area contributed by atoms with E-state index < -0.39 is 11.8 Å². The number of amides is 2. The van der Waals surface area contributed by atoms with Gasteiger partial charge >= 0.3 is 11.8 Å². The van der Waals surface area contributed by atoms with Gasteiger partial charge in [0.15, 0.2) is 0 Å². The lowest BCUT2D eigenvalue weighted by atomic mass is 9.94. The summed E-state index contributed by atoms with van der Waals surface area (Å²) >= 11 is 0. The van der Waals surface area contributed by atoms with Crippen LogP contribution in [0.25, 0.3) is 0 Å². The molecule has 2 amide bonds. The Morgan fingerprint density at radius 3 is 2.31 bits per heavy atom. The minimum absolute atomic E-state index is 0.533. The predicted octanol–water partition coefficient (Wildman–Crippen LogP) is 0.120. The number of piperidine rings is 1. The Morgan fingerprint density at radius 1 is 1.38 bits per heavy atom. The summed E-state index contributed by atoms with van der Waals surface area (Å²) in [7, 11) is 0. The van der Waals surface area contributed by atoms with E-state index in [4.69, 9.17) is 5.73 Å². The molecule has 0 atom stereocenters. The van der Waals surface area contributed by atoms with Crippen LogP contribution in [0, 0.1) is 5.92 Å². The van der Waals surface area contributed by atoms with Crippen LogP contribution in [-0.4, -0.2) is 29.8 Å². The smallest absolute Gasteiger partial charge is 0.311 e. The zero-order chi connectivity index (χ0) is 9.84. The summed E-state index contributed by atoms with van der Waals surface area (Å²) in [5.74, 6) is -0.665. The molecule has 0 aromatic heterocycles. The summed E-state index contributed by atoms with van der Waals surface area (Å²) in [5.41, 5.74) is 4.90. The first-order valence-corrected chi connectivity index (χ1v) is 4.73. The molecule has 0 aromatic carbocycles. The second-order valence-corrected chi connectivity index (χ2v) is 3.51. The molecular weight excluding hydrogens is 168 g/mol. The number of carbonyl (C=O) groups is 2. The van der Waals surface area contributed by atoms with Crippen LogP contribution in [0.5, 0.6) is 0 Å². The molecule has 4 heteroatoms. The predicted molar refractivity (Wildman–Crippen MR) is 48.8 cm³/mol. The van der Waals surface area contributed by atoms with Crippen molar-refractivity contribution in [3.8, 4) is 0 Å². The van der Waals surface area contributed by atoms with Crippen LogP contribution in [0.15, 0.2) is 0 Å². The number of nitrogens with two attached hydrogens (primary N) is 1. The maximum atomic E-state index is 11.1. The number of nitrogens with zero attached hydrogens (tertiary/aromatic N) is 1. The quantitative estimate of drug-likeness (QED) is 0.588. The highest BCUT2D eigenvalue weighted by Gasteiger charge is 2.24. The van der Waals surface area contributed by atoms with Crippen LogP contribution in [0.1, 0.15) is 26.2 Å². The Hall–Kier alpha value is -1.06. The van der Waals surface area contributed by atoms with Gasteiger partial charge in [-0.15, -0.1) is 0 Å². The molecule has 13 heavy (non-hydrogen) atoms.